The van der Waals surface area contributed by atoms with Crippen molar-refractivity contribution in [1.29, 1.82) is 0 Å². The van der Waals surface area contributed by atoms with Crippen molar-refractivity contribution in [3.63, 3.8) is 0 Å². The van der Waals surface area contributed by atoms with Crippen molar-refractivity contribution in [2.24, 2.45) is 5.92 Å². The van der Waals surface area contributed by atoms with Gasteiger partial charge in [0, 0.05) is 19.1 Å². The Balaban J connectivity index is 1.62. The first-order chi connectivity index (χ1) is 9.81. The smallest absolute Gasteiger partial charge is 0.355 e. The van der Waals surface area contributed by atoms with Gasteiger partial charge >= 0.3 is 5.69 Å². The maximum absolute atomic E-state index is 11.6. The summed E-state index contributed by atoms with van der Waals surface area (Å²) in [6.45, 7) is 3.15. The number of nitrogens with zero attached hydrogens (tertiary/aromatic N) is 4. The highest BCUT2D eigenvalue weighted by Crippen LogP contribution is 2.27. The number of rotatable bonds is 1. The highest BCUT2D eigenvalue weighted by molar-refractivity contribution is 5.45. The van der Waals surface area contributed by atoms with Crippen LogP contribution in [0.5, 0.6) is 0 Å². The van der Waals surface area contributed by atoms with E-state index in [1.165, 1.54) is 17.4 Å². The molecule has 0 spiro atoms. The van der Waals surface area contributed by atoms with Crippen LogP contribution in [-0.4, -0.2) is 45.5 Å². The van der Waals surface area contributed by atoms with Crippen molar-refractivity contribution in [2.45, 2.75) is 25.3 Å². The molecule has 4 heterocycles. The van der Waals surface area contributed by atoms with Crippen LogP contribution >= 0.6 is 0 Å². The van der Waals surface area contributed by atoms with Crippen molar-refractivity contribution in [2.75, 3.05) is 24.5 Å². The maximum Gasteiger partial charge on any atom is 0.364 e. The molecule has 2 N–H and O–H groups in total. The molecule has 7 nitrogen and oxygen atoms in total. The van der Waals surface area contributed by atoms with E-state index in [1.807, 2.05) is 12.1 Å². The standard InChI is InChI=1S/C13H18N6O/c20-13-16-15-11-3-4-12(17-19(11)13)18-7-5-10-9(8-18)2-1-6-14-10/h3-4,9-10,14H,1-2,5-8H2,(H,16,20). The lowest BCUT2D eigenvalue weighted by atomic mass is 9.85. The third kappa shape index (κ3) is 1.89. The third-order valence-corrected chi connectivity index (χ3v) is 4.48. The summed E-state index contributed by atoms with van der Waals surface area (Å²) in [5.74, 6) is 1.56. The molecule has 0 aromatic carbocycles. The van der Waals surface area contributed by atoms with Crippen molar-refractivity contribution in [1.82, 2.24) is 25.1 Å². The quantitative estimate of drug-likeness (QED) is 0.765. The van der Waals surface area contributed by atoms with E-state index in [1.54, 1.807) is 0 Å². The van der Waals surface area contributed by atoms with E-state index in [0.717, 1.165) is 31.9 Å². The maximum atomic E-state index is 11.6. The predicted molar refractivity (Wildman–Crippen MR) is 75.0 cm³/mol. The summed E-state index contributed by atoms with van der Waals surface area (Å²) < 4.78 is 1.33. The van der Waals surface area contributed by atoms with Crippen molar-refractivity contribution in [3.8, 4) is 0 Å². The van der Waals surface area contributed by atoms with Gasteiger partial charge < -0.3 is 10.2 Å². The fraction of sp³-hybridized carbons (Fsp3) is 0.615. The van der Waals surface area contributed by atoms with Crippen LogP contribution in [0.25, 0.3) is 5.65 Å². The summed E-state index contributed by atoms with van der Waals surface area (Å²) in [5.41, 5.74) is 0.282. The van der Waals surface area contributed by atoms with Gasteiger partial charge in [0.2, 0.25) is 0 Å². The minimum absolute atomic E-state index is 0.281. The summed E-state index contributed by atoms with van der Waals surface area (Å²) in [7, 11) is 0. The van der Waals surface area contributed by atoms with Crippen molar-refractivity contribution < 1.29 is 0 Å². The van der Waals surface area contributed by atoms with Gasteiger partial charge in [0.05, 0.1) is 0 Å². The van der Waals surface area contributed by atoms with Crippen LogP contribution in [0.3, 0.4) is 0 Å². The van der Waals surface area contributed by atoms with Gasteiger partial charge in [-0.1, -0.05) is 0 Å². The average molecular weight is 274 g/mol. The summed E-state index contributed by atoms with van der Waals surface area (Å²) in [6.07, 6.45) is 3.68. The van der Waals surface area contributed by atoms with E-state index in [9.17, 15) is 4.79 Å². The number of hydrogen-bond donors (Lipinski definition) is 2. The number of nitrogens with one attached hydrogen (secondary N) is 2. The topological polar surface area (TPSA) is 78.3 Å². The van der Waals surface area contributed by atoms with Gasteiger partial charge in [-0.3, -0.25) is 0 Å². The molecule has 2 atom stereocenters. The normalized spacial score (nSPS) is 26.7. The molecule has 2 aliphatic heterocycles. The Morgan fingerprint density at radius 1 is 1.30 bits per heavy atom. The fourth-order valence-electron chi connectivity index (χ4n) is 3.42. The molecule has 20 heavy (non-hydrogen) atoms. The van der Waals surface area contributed by atoms with Gasteiger partial charge in [-0.05, 0) is 43.9 Å². The minimum atomic E-state index is -0.281. The zero-order chi connectivity index (χ0) is 13.5. The van der Waals surface area contributed by atoms with Crippen LogP contribution in [0.4, 0.5) is 5.82 Å². The molecule has 2 unspecified atom stereocenters. The summed E-state index contributed by atoms with van der Waals surface area (Å²) in [5, 5.41) is 14.3. The number of piperidine rings is 2. The zero-order valence-electron chi connectivity index (χ0n) is 11.2. The lowest BCUT2D eigenvalue weighted by Crippen LogP contribution is -2.52. The predicted octanol–water partition coefficient (Wildman–Crippen LogP) is -0.00410. The van der Waals surface area contributed by atoms with Crippen molar-refractivity contribution >= 4 is 11.5 Å². The number of hydrogen-bond acceptors (Lipinski definition) is 5. The largest absolute Gasteiger partial charge is 0.364 e. The van der Waals surface area contributed by atoms with Crippen LogP contribution in [-0.2, 0) is 0 Å². The van der Waals surface area contributed by atoms with Crippen LogP contribution in [0.15, 0.2) is 16.9 Å². The molecular weight excluding hydrogens is 256 g/mol. The number of H-pyrrole nitrogens is 1. The lowest BCUT2D eigenvalue weighted by Gasteiger charge is -2.42. The molecule has 0 amide bonds. The van der Waals surface area contributed by atoms with E-state index in [4.69, 9.17) is 0 Å². The monoisotopic (exact) mass is 274 g/mol. The van der Waals surface area contributed by atoms with Crippen LogP contribution < -0.4 is 15.9 Å². The lowest BCUT2D eigenvalue weighted by molar-refractivity contribution is 0.243. The second kappa shape index (κ2) is 4.59. The number of aromatic amines is 1. The number of aromatic nitrogens is 4. The molecule has 4 rings (SSSR count). The van der Waals surface area contributed by atoms with E-state index in [2.05, 4.69) is 25.5 Å². The van der Waals surface area contributed by atoms with Gasteiger partial charge in [0.25, 0.3) is 0 Å². The van der Waals surface area contributed by atoms with Gasteiger partial charge in [0.1, 0.15) is 5.82 Å². The van der Waals surface area contributed by atoms with Crippen molar-refractivity contribution in [3.05, 3.63) is 22.6 Å². The first kappa shape index (κ1) is 11.9. The molecule has 2 fully saturated rings. The van der Waals surface area contributed by atoms with Crippen LogP contribution in [0.1, 0.15) is 19.3 Å². The zero-order valence-corrected chi connectivity index (χ0v) is 11.2. The Hall–Kier alpha value is -1.89. The molecule has 2 aromatic heterocycles. The second-order valence-electron chi connectivity index (χ2n) is 5.69. The van der Waals surface area contributed by atoms with Gasteiger partial charge in [0.15, 0.2) is 5.65 Å². The molecule has 0 saturated carbocycles. The average Bonchev–Trinajstić information content (AvgIpc) is 2.88. The molecule has 2 aromatic rings. The molecule has 2 saturated heterocycles. The molecule has 0 aliphatic carbocycles. The van der Waals surface area contributed by atoms with E-state index in [-0.39, 0.29) is 5.69 Å². The molecule has 106 valence electrons. The summed E-state index contributed by atoms with van der Waals surface area (Å²) in [6, 6.07) is 4.44. The molecule has 0 bridgehead atoms. The van der Waals surface area contributed by atoms with Gasteiger partial charge in [-0.15, -0.1) is 5.10 Å². The molecular formula is C13H18N6O. The Bertz CT molecular complexity index is 677. The number of anilines is 1. The Kier molecular flexibility index (Phi) is 2.73. The third-order valence-electron chi connectivity index (χ3n) is 4.48. The van der Waals surface area contributed by atoms with Crippen LogP contribution in [0.2, 0.25) is 0 Å². The van der Waals surface area contributed by atoms with E-state index >= 15 is 0 Å². The minimum Gasteiger partial charge on any atom is -0.355 e. The SMILES string of the molecule is O=c1[nH]nc2ccc(N3CCC4NCCCC4C3)nn12. The summed E-state index contributed by atoms with van der Waals surface area (Å²) in [4.78, 5) is 13.9. The molecule has 0 radical (unpaired) electrons. The molecule has 7 heteroatoms. The number of fused-ring (bicyclic) bond motifs is 2. The Labute approximate surface area is 116 Å². The van der Waals surface area contributed by atoms with Crippen LogP contribution in [0, 0.1) is 5.92 Å². The van der Waals surface area contributed by atoms with Gasteiger partial charge in [-0.2, -0.15) is 9.61 Å². The summed E-state index contributed by atoms with van der Waals surface area (Å²) >= 11 is 0. The first-order valence-corrected chi connectivity index (χ1v) is 7.24. The first-order valence-electron chi connectivity index (χ1n) is 7.24. The van der Waals surface area contributed by atoms with Gasteiger partial charge in [-0.25, -0.2) is 9.89 Å². The second-order valence-corrected chi connectivity index (χ2v) is 5.69. The van der Waals surface area contributed by atoms with E-state index < -0.39 is 0 Å². The molecule has 2 aliphatic rings. The Morgan fingerprint density at radius 2 is 2.25 bits per heavy atom. The Morgan fingerprint density at radius 3 is 3.20 bits per heavy atom. The highest BCUT2D eigenvalue weighted by Gasteiger charge is 2.31. The fourth-order valence-corrected chi connectivity index (χ4v) is 3.42. The highest BCUT2D eigenvalue weighted by atomic mass is 16.2. The van der Waals surface area contributed by atoms with E-state index in [0.29, 0.717) is 17.6 Å².